The largest absolute Gasteiger partial charge is 0.399 e. The lowest BCUT2D eigenvalue weighted by Gasteiger charge is -2.11. The molecule has 1 heterocycles. The second kappa shape index (κ2) is 7.17. The van der Waals surface area contributed by atoms with Crippen molar-refractivity contribution in [2.45, 2.75) is 19.9 Å². The van der Waals surface area contributed by atoms with Crippen LogP contribution in [-0.4, -0.2) is 33.2 Å². The molecule has 3 N–H and O–H groups in total. The van der Waals surface area contributed by atoms with E-state index in [2.05, 4.69) is 17.3 Å². The normalized spacial score (nSPS) is 12.1. The summed E-state index contributed by atoms with van der Waals surface area (Å²) in [6.07, 6.45) is 1.76. The van der Waals surface area contributed by atoms with Gasteiger partial charge >= 0.3 is 0 Å². The Morgan fingerprint density at radius 2 is 2.29 bits per heavy atom. The van der Waals surface area contributed by atoms with E-state index in [1.54, 1.807) is 28.7 Å². The number of nitrogens with two attached hydrogens (primary N) is 1. The van der Waals surface area contributed by atoms with Crippen LogP contribution in [0.4, 0.5) is 5.69 Å². The number of aromatic nitrogens is 2. The van der Waals surface area contributed by atoms with Crippen LogP contribution in [0.25, 0.3) is 5.69 Å². The first-order valence-electron chi connectivity index (χ1n) is 6.90. The maximum Gasteiger partial charge on any atom is 0.272 e. The molecule has 1 unspecified atom stereocenters. The molecule has 1 atom stereocenters. The van der Waals surface area contributed by atoms with Crippen LogP contribution in [-0.2, 0) is 0 Å². The van der Waals surface area contributed by atoms with Crippen LogP contribution in [0.1, 0.15) is 24.3 Å². The smallest absolute Gasteiger partial charge is 0.272 e. The van der Waals surface area contributed by atoms with Gasteiger partial charge in [0.2, 0.25) is 0 Å². The minimum absolute atomic E-state index is 0.125. The highest BCUT2D eigenvalue weighted by Crippen LogP contribution is 2.12. The molecule has 0 radical (unpaired) electrons. The Balaban J connectivity index is 2.04. The lowest BCUT2D eigenvalue weighted by Crippen LogP contribution is -2.34. The van der Waals surface area contributed by atoms with Gasteiger partial charge in [-0.05, 0) is 36.9 Å². The molecule has 112 valence electrons. The van der Waals surface area contributed by atoms with Crippen molar-refractivity contribution in [2.75, 3.05) is 17.2 Å². The molecular formula is C15H20N4OS. The Morgan fingerprint density at radius 3 is 3.00 bits per heavy atom. The number of nitrogen functional groups attached to an aromatic ring is 1. The molecule has 0 fully saturated rings. The average Bonchev–Trinajstić information content (AvgIpc) is 2.95. The molecule has 0 aliphatic heterocycles. The molecular weight excluding hydrogens is 284 g/mol. The van der Waals surface area contributed by atoms with Gasteiger partial charge in [-0.15, -0.1) is 0 Å². The number of carbonyl (C=O) groups excluding carboxylic acids is 1. The molecule has 1 amide bonds. The third kappa shape index (κ3) is 4.26. The van der Waals surface area contributed by atoms with Crippen LogP contribution in [0.15, 0.2) is 36.5 Å². The summed E-state index contributed by atoms with van der Waals surface area (Å²) in [7, 11) is 0. The predicted molar refractivity (Wildman–Crippen MR) is 87.9 cm³/mol. The summed E-state index contributed by atoms with van der Waals surface area (Å²) in [6, 6.07) is 9.21. The molecule has 0 aliphatic carbocycles. The van der Waals surface area contributed by atoms with Crippen LogP contribution >= 0.6 is 11.8 Å². The molecule has 2 rings (SSSR count). The molecule has 5 nitrogen and oxygen atoms in total. The van der Waals surface area contributed by atoms with Crippen molar-refractivity contribution in [3.05, 3.63) is 42.2 Å². The highest BCUT2D eigenvalue weighted by molar-refractivity contribution is 7.99. The molecule has 2 aromatic rings. The van der Waals surface area contributed by atoms with Gasteiger partial charge in [-0.25, -0.2) is 4.68 Å². The van der Waals surface area contributed by atoms with E-state index in [9.17, 15) is 4.79 Å². The fourth-order valence-corrected chi connectivity index (χ4v) is 2.56. The molecule has 0 spiro atoms. The fourth-order valence-electron chi connectivity index (χ4n) is 1.89. The lowest BCUT2D eigenvalue weighted by molar-refractivity contribution is 0.0938. The van der Waals surface area contributed by atoms with Crippen molar-refractivity contribution < 1.29 is 4.79 Å². The summed E-state index contributed by atoms with van der Waals surface area (Å²) < 4.78 is 1.65. The van der Waals surface area contributed by atoms with E-state index in [1.807, 2.05) is 31.2 Å². The number of carbonyl (C=O) groups is 1. The van der Waals surface area contributed by atoms with Gasteiger partial charge in [-0.1, -0.05) is 13.0 Å². The first-order chi connectivity index (χ1) is 10.1. The summed E-state index contributed by atoms with van der Waals surface area (Å²) in [5.41, 5.74) is 7.66. The van der Waals surface area contributed by atoms with Crippen LogP contribution in [0, 0.1) is 0 Å². The number of amides is 1. The van der Waals surface area contributed by atoms with Gasteiger partial charge in [-0.2, -0.15) is 16.9 Å². The van der Waals surface area contributed by atoms with Gasteiger partial charge < -0.3 is 11.1 Å². The van der Waals surface area contributed by atoms with Gasteiger partial charge in [-0.3, -0.25) is 4.79 Å². The van der Waals surface area contributed by atoms with E-state index in [4.69, 9.17) is 5.73 Å². The Kier molecular flexibility index (Phi) is 5.27. The van der Waals surface area contributed by atoms with E-state index in [1.165, 1.54) is 0 Å². The van der Waals surface area contributed by atoms with E-state index in [-0.39, 0.29) is 11.9 Å². The Labute approximate surface area is 128 Å². The van der Waals surface area contributed by atoms with Crippen LogP contribution < -0.4 is 11.1 Å². The van der Waals surface area contributed by atoms with Crippen molar-refractivity contribution >= 4 is 23.4 Å². The first-order valence-corrected chi connectivity index (χ1v) is 8.06. The molecule has 0 saturated heterocycles. The predicted octanol–water partition coefficient (Wildman–Crippen LogP) is 2.33. The number of benzene rings is 1. The minimum Gasteiger partial charge on any atom is -0.399 e. The van der Waals surface area contributed by atoms with E-state index >= 15 is 0 Å². The standard InChI is InChI=1S/C15H20N4OS/c1-3-21-10-11(2)17-15(20)14-7-8-19(18-14)13-6-4-5-12(16)9-13/h4-9,11H,3,10,16H2,1-2H3,(H,17,20). The summed E-state index contributed by atoms with van der Waals surface area (Å²) in [5.74, 6) is 1.80. The van der Waals surface area contributed by atoms with Crippen LogP contribution in [0.2, 0.25) is 0 Å². The van der Waals surface area contributed by atoms with Gasteiger partial charge in [0.1, 0.15) is 0 Å². The number of nitrogens with zero attached hydrogens (tertiary/aromatic N) is 2. The van der Waals surface area contributed by atoms with Gasteiger partial charge in [0, 0.05) is 23.7 Å². The maximum atomic E-state index is 12.1. The maximum absolute atomic E-state index is 12.1. The molecule has 1 aromatic heterocycles. The Hall–Kier alpha value is -1.95. The average molecular weight is 304 g/mol. The summed E-state index contributed by atoms with van der Waals surface area (Å²) >= 11 is 1.80. The molecule has 21 heavy (non-hydrogen) atoms. The SMILES string of the molecule is CCSCC(C)NC(=O)c1ccn(-c2cccc(N)c2)n1. The highest BCUT2D eigenvalue weighted by Gasteiger charge is 2.13. The quantitative estimate of drug-likeness (QED) is 0.803. The monoisotopic (exact) mass is 304 g/mol. The van der Waals surface area contributed by atoms with E-state index in [0.29, 0.717) is 11.4 Å². The molecule has 6 heteroatoms. The van der Waals surface area contributed by atoms with Crippen molar-refractivity contribution in [1.29, 1.82) is 0 Å². The Bertz CT molecular complexity index is 611. The van der Waals surface area contributed by atoms with Crippen molar-refractivity contribution in [3.8, 4) is 5.69 Å². The number of anilines is 1. The second-order valence-corrected chi connectivity index (χ2v) is 6.09. The lowest BCUT2D eigenvalue weighted by atomic mass is 10.3. The molecule has 0 saturated carbocycles. The number of nitrogens with one attached hydrogen (secondary N) is 1. The van der Waals surface area contributed by atoms with Gasteiger partial charge in [0.05, 0.1) is 5.69 Å². The Morgan fingerprint density at radius 1 is 1.48 bits per heavy atom. The van der Waals surface area contributed by atoms with Crippen molar-refractivity contribution in [3.63, 3.8) is 0 Å². The topological polar surface area (TPSA) is 72.9 Å². The number of thioether (sulfide) groups is 1. The highest BCUT2D eigenvalue weighted by atomic mass is 32.2. The zero-order valence-electron chi connectivity index (χ0n) is 12.2. The number of hydrogen-bond donors (Lipinski definition) is 2. The molecule has 1 aromatic carbocycles. The van der Waals surface area contributed by atoms with Crippen molar-refractivity contribution in [1.82, 2.24) is 15.1 Å². The van der Waals surface area contributed by atoms with Crippen LogP contribution in [0.3, 0.4) is 0 Å². The third-order valence-corrected chi connectivity index (χ3v) is 4.05. The zero-order valence-corrected chi connectivity index (χ0v) is 13.1. The van der Waals surface area contributed by atoms with Crippen molar-refractivity contribution in [2.24, 2.45) is 0 Å². The van der Waals surface area contributed by atoms with Crippen LogP contribution in [0.5, 0.6) is 0 Å². The summed E-state index contributed by atoms with van der Waals surface area (Å²) in [4.78, 5) is 12.1. The van der Waals surface area contributed by atoms with E-state index < -0.39 is 0 Å². The number of hydrogen-bond acceptors (Lipinski definition) is 4. The van der Waals surface area contributed by atoms with Gasteiger partial charge in [0.25, 0.3) is 5.91 Å². The number of rotatable bonds is 6. The molecule has 0 bridgehead atoms. The first kappa shape index (κ1) is 15.4. The van der Waals surface area contributed by atoms with E-state index in [0.717, 1.165) is 17.2 Å². The summed E-state index contributed by atoms with van der Waals surface area (Å²) in [5, 5.41) is 7.24. The molecule has 0 aliphatic rings. The third-order valence-electron chi connectivity index (χ3n) is 2.91. The summed E-state index contributed by atoms with van der Waals surface area (Å²) in [6.45, 7) is 4.10. The second-order valence-electron chi connectivity index (χ2n) is 4.77. The minimum atomic E-state index is -0.151. The zero-order chi connectivity index (χ0) is 15.2. The fraction of sp³-hybridized carbons (Fsp3) is 0.333. The van der Waals surface area contributed by atoms with Gasteiger partial charge in [0.15, 0.2) is 5.69 Å².